The molecule has 5 heteroatoms. The molecule has 0 aliphatic carbocycles. The first-order chi connectivity index (χ1) is 13.1. The second-order valence-corrected chi connectivity index (χ2v) is 8.57. The van der Waals surface area contributed by atoms with Crippen molar-refractivity contribution in [2.75, 3.05) is 32.8 Å². The summed E-state index contributed by atoms with van der Waals surface area (Å²) in [6.45, 7) is 9.48. The minimum absolute atomic E-state index is 0. The van der Waals surface area contributed by atoms with E-state index in [0.717, 1.165) is 43.7 Å². The lowest BCUT2D eigenvalue weighted by Gasteiger charge is -2.37. The third kappa shape index (κ3) is 6.66. The van der Waals surface area contributed by atoms with Gasteiger partial charge in [0, 0.05) is 24.7 Å². The molecule has 0 saturated carbocycles. The lowest BCUT2D eigenvalue weighted by molar-refractivity contribution is 0.0579. The monoisotopic (exact) mass is 408 g/mol. The Morgan fingerprint density at radius 2 is 1.71 bits per heavy atom. The molecule has 3 rings (SSSR count). The number of nitrogens with zero attached hydrogens (tertiary/aromatic N) is 2. The van der Waals surface area contributed by atoms with Crippen molar-refractivity contribution in [2.45, 2.75) is 64.8 Å². The molecule has 2 heterocycles. The van der Waals surface area contributed by atoms with E-state index in [0.29, 0.717) is 18.6 Å². The van der Waals surface area contributed by atoms with Gasteiger partial charge in [0.15, 0.2) is 0 Å². The Balaban J connectivity index is 0.00000280. The Bertz CT molecular complexity index is 585. The van der Waals surface area contributed by atoms with Crippen LogP contribution in [0.25, 0.3) is 0 Å². The number of amides is 1. The van der Waals surface area contributed by atoms with Crippen LogP contribution >= 0.6 is 12.4 Å². The van der Waals surface area contributed by atoms with Gasteiger partial charge in [-0.2, -0.15) is 0 Å². The number of likely N-dealkylation sites (tertiary alicyclic amines) is 2. The molecule has 0 bridgehead atoms. The van der Waals surface area contributed by atoms with Crippen LogP contribution < -0.4 is 4.74 Å². The van der Waals surface area contributed by atoms with Gasteiger partial charge in [0.2, 0.25) is 0 Å². The van der Waals surface area contributed by atoms with Crippen molar-refractivity contribution in [2.24, 2.45) is 5.92 Å². The first kappa shape index (κ1) is 23.0. The van der Waals surface area contributed by atoms with E-state index in [1.807, 2.05) is 24.3 Å². The Kier molecular flexibility index (Phi) is 9.60. The molecule has 1 aromatic rings. The standard InChI is InChI=1S/C23H36N2O2.ClH/c1-19(2)18-27-22-11-9-20(10-12-22)23(26)25-16-7-4-8-21(25)13-17-24-14-5-3-6-15-24;/h9-12,19,21H,3-8,13-18H2,1-2H3;1H. The topological polar surface area (TPSA) is 32.8 Å². The lowest BCUT2D eigenvalue weighted by atomic mass is 9.97. The van der Waals surface area contributed by atoms with E-state index in [4.69, 9.17) is 4.74 Å². The molecule has 1 atom stereocenters. The second-order valence-electron chi connectivity index (χ2n) is 8.57. The summed E-state index contributed by atoms with van der Waals surface area (Å²) in [7, 11) is 0. The van der Waals surface area contributed by atoms with Crippen LogP contribution in [-0.4, -0.2) is 54.5 Å². The second kappa shape index (κ2) is 11.7. The molecule has 0 aromatic heterocycles. The third-order valence-electron chi connectivity index (χ3n) is 5.80. The van der Waals surface area contributed by atoms with E-state index in [1.165, 1.54) is 38.8 Å². The van der Waals surface area contributed by atoms with Crippen LogP contribution in [0.1, 0.15) is 69.2 Å². The molecule has 1 aromatic carbocycles. The van der Waals surface area contributed by atoms with Crippen LogP contribution in [0.5, 0.6) is 5.75 Å². The molecular weight excluding hydrogens is 372 g/mol. The first-order valence-corrected chi connectivity index (χ1v) is 10.9. The van der Waals surface area contributed by atoms with E-state index in [-0.39, 0.29) is 18.3 Å². The highest BCUT2D eigenvalue weighted by Crippen LogP contribution is 2.24. The largest absolute Gasteiger partial charge is 0.493 e. The summed E-state index contributed by atoms with van der Waals surface area (Å²) in [5, 5.41) is 0. The van der Waals surface area contributed by atoms with Gasteiger partial charge in [-0.15, -0.1) is 12.4 Å². The summed E-state index contributed by atoms with van der Waals surface area (Å²) in [6, 6.07) is 8.11. The highest BCUT2D eigenvalue weighted by Gasteiger charge is 2.28. The van der Waals surface area contributed by atoms with Crippen LogP contribution in [0.2, 0.25) is 0 Å². The van der Waals surface area contributed by atoms with Gasteiger partial charge in [-0.05, 0) is 81.8 Å². The number of benzene rings is 1. The molecule has 2 saturated heterocycles. The third-order valence-corrected chi connectivity index (χ3v) is 5.80. The van der Waals surface area contributed by atoms with E-state index in [2.05, 4.69) is 23.6 Å². The normalized spacial score (nSPS) is 20.7. The number of piperidine rings is 2. The number of carbonyl (C=O) groups is 1. The van der Waals surface area contributed by atoms with Crippen LogP contribution in [0, 0.1) is 5.92 Å². The molecule has 28 heavy (non-hydrogen) atoms. The molecule has 0 radical (unpaired) electrons. The number of rotatable bonds is 7. The molecular formula is C23H37ClN2O2. The summed E-state index contributed by atoms with van der Waals surface area (Å²) in [6.07, 6.45) is 8.67. The average Bonchev–Trinajstić information content (AvgIpc) is 2.71. The van der Waals surface area contributed by atoms with Gasteiger partial charge in [-0.1, -0.05) is 20.3 Å². The number of hydrogen-bond donors (Lipinski definition) is 0. The van der Waals surface area contributed by atoms with Gasteiger partial charge < -0.3 is 14.5 Å². The van der Waals surface area contributed by atoms with Crippen LogP contribution in [-0.2, 0) is 0 Å². The Labute approximate surface area is 177 Å². The van der Waals surface area contributed by atoms with Crippen molar-refractivity contribution >= 4 is 18.3 Å². The van der Waals surface area contributed by atoms with Gasteiger partial charge >= 0.3 is 0 Å². The molecule has 2 fully saturated rings. The first-order valence-electron chi connectivity index (χ1n) is 10.9. The van der Waals surface area contributed by atoms with E-state index < -0.39 is 0 Å². The maximum atomic E-state index is 13.1. The fourth-order valence-corrected chi connectivity index (χ4v) is 4.21. The molecule has 2 aliphatic heterocycles. The predicted octanol–water partition coefficient (Wildman–Crippen LogP) is 5.01. The van der Waals surface area contributed by atoms with Crippen LogP contribution in [0.15, 0.2) is 24.3 Å². The van der Waals surface area contributed by atoms with Crippen LogP contribution in [0.4, 0.5) is 0 Å². The zero-order valence-electron chi connectivity index (χ0n) is 17.6. The van der Waals surface area contributed by atoms with Gasteiger partial charge in [0.25, 0.3) is 5.91 Å². The van der Waals surface area contributed by atoms with Gasteiger partial charge in [-0.3, -0.25) is 4.79 Å². The van der Waals surface area contributed by atoms with E-state index >= 15 is 0 Å². The molecule has 4 nitrogen and oxygen atoms in total. The maximum absolute atomic E-state index is 13.1. The van der Waals surface area contributed by atoms with Gasteiger partial charge in [0.05, 0.1) is 6.61 Å². The lowest BCUT2D eigenvalue weighted by Crippen LogP contribution is -2.45. The van der Waals surface area contributed by atoms with E-state index in [1.54, 1.807) is 0 Å². The number of carbonyl (C=O) groups excluding carboxylic acids is 1. The quantitative estimate of drug-likeness (QED) is 0.635. The Morgan fingerprint density at radius 3 is 2.39 bits per heavy atom. The fraction of sp³-hybridized carbons (Fsp3) is 0.696. The van der Waals surface area contributed by atoms with Crippen LogP contribution in [0.3, 0.4) is 0 Å². The van der Waals surface area contributed by atoms with Crippen molar-refractivity contribution in [1.29, 1.82) is 0 Å². The average molecular weight is 409 g/mol. The minimum Gasteiger partial charge on any atom is -0.493 e. The minimum atomic E-state index is 0. The Hall–Kier alpha value is -1.26. The highest BCUT2D eigenvalue weighted by molar-refractivity contribution is 5.94. The van der Waals surface area contributed by atoms with Gasteiger partial charge in [-0.25, -0.2) is 0 Å². The summed E-state index contributed by atoms with van der Waals surface area (Å²) >= 11 is 0. The number of ether oxygens (including phenoxy) is 1. The van der Waals surface area contributed by atoms with Crippen molar-refractivity contribution in [3.63, 3.8) is 0 Å². The van der Waals surface area contributed by atoms with Crippen molar-refractivity contribution in [1.82, 2.24) is 9.80 Å². The molecule has 1 amide bonds. The van der Waals surface area contributed by atoms with Crippen molar-refractivity contribution in [3.8, 4) is 5.75 Å². The molecule has 1 unspecified atom stereocenters. The Morgan fingerprint density at radius 1 is 1.04 bits per heavy atom. The van der Waals surface area contributed by atoms with Crippen molar-refractivity contribution < 1.29 is 9.53 Å². The zero-order valence-corrected chi connectivity index (χ0v) is 18.4. The maximum Gasteiger partial charge on any atom is 0.254 e. The van der Waals surface area contributed by atoms with E-state index in [9.17, 15) is 4.79 Å². The SMILES string of the molecule is CC(C)COc1ccc(C(=O)N2CCCCC2CCN2CCCCC2)cc1.Cl. The highest BCUT2D eigenvalue weighted by atomic mass is 35.5. The van der Waals surface area contributed by atoms with Gasteiger partial charge in [0.1, 0.15) is 5.75 Å². The molecule has 158 valence electrons. The summed E-state index contributed by atoms with van der Waals surface area (Å²) in [4.78, 5) is 17.8. The molecule has 0 spiro atoms. The number of halogens is 1. The number of hydrogen-bond acceptors (Lipinski definition) is 3. The summed E-state index contributed by atoms with van der Waals surface area (Å²) < 4.78 is 5.74. The summed E-state index contributed by atoms with van der Waals surface area (Å²) in [5.74, 6) is 1.54. The zero-order chi connectivity index (χ0) is 19.1. The molecule has 2 aliphatic rings. The summed E-state index contributed by atoms with van der Waals surface area (Å²) in [5.41, 5.74) is 0.789. The smallest absolute Gasteiger partial charge is 0.254 e. The predicted molar refractivity (Wildman–Crippen MR) is 118 cm³/mol. The van der Waals surface area contributed by atoms with Crippen molar-refractivity contribution in [3.05, 3.63) is 29.8 Å². The fourth-order valence-electron chi connectivity index (χ4n) is 4.21. The molecule has 0 N–H and O–H groups in total.